The Morgan fingerprint density at radius 3 is 2.00 bits per heavy atom. The van der Waals surface area contributed by atoms with Crippen LogP contribution in [0.25, 0.3) is 91.9 Å². The molecule has 10 aromatic rings. The third-order valence-corrected chi connectivity index (χ3v) is 10.3. The Labute approximate surface area is 263 Å². The van der Waals surface area contributed by atoms with Crippen molar-refractivity contribution in [1.82, 2.24) is 4.57 Å². The highest BCUT2D eigenvalue weighted by molar-refractivity contribution is 7.25. The molecular weight excluding hydrogens is 567 g/mol. The number of furan rings is 1. The quantitative estimate of drug-likeness (QED) is 0.200. The van der Waals surface area contributed by atoms with Gasteiger partial charge in [-0.1, -0.05) is 103 Å². The summed E-state index contributed by atoms with van der Waals surface area (Å²) in [7, 11) is 0. The van der Waals surface area contributed by atoms with E-state index in [1.54, 1.807) is 0 Å². The standard InChI is InChI=1S/C42H25NOS/c1-2-11-31(12-3-1)43-37-16-7-6-13-34(37)42-40(43)35-15-8-14-32(41(35)44-42)27-19-17-26(18-20-27)30-21-22-33-36-23-28-9-4-5-10-29(28)24-39(36)45-38(33)25-30/h1-25H. The molecule has 3 heterocycles. The Balaban J connectivity index is 1.09. The first kappa shape index (κ1) is 24.8. The van der Waals surface area contributed by atoms with Crippen molar-refractivity contribution in [2.75, 3.05) is 0 Å². The number of fused-ring (bicyclic) bond motifs is 9. The van der Waals surface area contributed by atoms with Gasteiger partial charge in [-0.05, 0) is 76.0 Å². The molecule has 3 aromatic heterocycles. The van der Waals surface area contributed by atoms with Crippen molar-refractivity contribution in [3.8, 4) is 27.9 Å². The summed E-state index contributed by atoms with van der Waals surface area (Å²) in [6, 6.07) is 54.6. The fraction of sp³-hybridized carbons (Fsp3) is 0. The minimum atomic E-state index is 0.921. The van der Waals surface area contributed by atoms with Crippen LogP contribution in [0.1, 0.15) is 0 Å². The topological polar surface area (TPSA) is 18.1 Å². The van der Waals surface area contributed by atoms with Crippen LogP contribution in [0.3, 0.4) is 0 Å². The predicted octanol–water partition coefficient (Wildman–Crippen LogP) is 12.4. The highest BCUT2D eigenvalue weighted by Gasteiger charge is 2.21. The van der Waals surface area contributed by atoms with Crippen molar-refractivity contribution >= 4 is 75.3 Å². The monoisotopic (exact) mass is 591 g/mol. The van der Waals surface area contributed by atoms with Crippen molar-refractivity contribution in [2.45, 2.75) is 0 Å². The van der Waals surface area contributed by atoms with Gasteiger partial charge in [0.2, 0.25) is 0 Å². The van der Waals surface area contributed by atoms with Crippen molar-refractivity contribution in [3.63, 3.8) is 0 Å². The van der Waals surface area contributed by atoms with E-state index in [0.717, 1.165) is 49.8 Å². The van der Waals surface area contributed by atoms with Gasteiger partial charge < -0.3 is 8.98 Å². The molecule has 0 saturated carbocycles. The second-order valence-corrected chi connectivity index (χ2v) is 12.8. The molecule has 210 valence electrons. The summed E-state index contributed by atoms with van der Waals surface area (Å²) >= 11 is 1.88. The maximum Gasteiger partial charge on any atom is 0.161 e. The number of rotatable bonds is 3. The predicted molar refractivity (Wildman–Crippen MR) is 192 cm³/mol. The first-order valence-electron chi connectivity index (χ1n) is 15.3. The molecule has 0 saturated heterocycles. The van der Waals surface area contributed by atoms with Gasteiger partial charge >= 0.3 is 0 Å². The number of benzene rings is 7. The molecule has 0 N–H and O–H groups in total. The fourth-order valence-corrected chi connectivity index (χ4v) is 8.22. The Morgan fingerprint density at radius 1 is 0.444 bits per heavy atom. The largest absolute Gasteiger partial charge is 0.453 e. The van der Waals surface area contributed by atoms with Crippen molar-refractivity contribution < 1.29 is 4.42 Å². The zero-order valence-corrected chi connectivity index (χ0v) is 25.0. The lowest BCUT2D eigenvalue weighted by atomic mass is 9.98. The van der Waals surface area contributed by atoms with E-state index in [1.807, 2.05) is 11.3 Å². The van der Waals surface area contributed by atoms with Gasteiger partial charge in [-0.25, -0.2) is 0 Å². The third-order valence-electron chi connectivity index (χ3n) is 9.19. The van der Waals surface area contributed by atoms with Crippen molar-refractivity contribution in [3.05, 3.63) is 152 Å². The minimum Gasteiger partial charge on any atom is -0.453 e. The molecule has 0 aliphatic carbocycles. The van der Waals surface area contributed by atoms with Crippen LogP contribution in [-0.4, -0.2) is 4.57 Å². The maximum atomic E-state index is 6.75. The van der Waals surface area contributed by atoms with Crippen LogP contribution in [0.5, 0.6) is 0 Å². The number of para-hydroxylation sites is 3. The Bertz CT molecular complexity index is 2740. The van der Waals surface area contributed by atoms with Crippen LogP contribution in [0, 0.1) is 0 Å². The van der Waals surface area contributed by atoms with E-state index >= 15 is 0 Å². The summed E-state index contributed by atoms with van der Waals surface area (Å²) in [6.45, 7) is 0. The number of aromatic nitrogens is 1. The molecule has 0 bridgehead atoms. The van der Waals surface area contributed by atoms with Crippen LogP contribution >= 0.6 is 11.3 Å². The van der Waals surface area contributed by atoms with Gasteiger partial charge in [0, 0.05) is 42.2 Å². The summed E-state index contributed by atoms with van der Waals surface area (Å²) in [5.74, 6) is 0. The van der Waals surface area contributed by atoms with E-state index in [0.29, 0.717) is 0 Å². The van der Waals surface area contributed by atoms with Gasteiger partial charge in [0.15, 0.2) is 5.58 Å². The average Bonchev–Trinajstić information content (AvgIpc) is 3.76. The SMILES string of the molecule is c1ccc(-n2c3ccccc3c3oc4c(-c5ccc(-c6ccc7c(c6)sc6cc8ccccc8cc67)cc5)cccc4c32)cc1. The normalized spacial score (nSPS) is 12.0. The molecule has 0 amide bonds. The van der Waals surface area contributed by atoms with Gasteiger partial charge in [-0.15, -0.1) is 11.3 Å². The molecule has 0 unspecified atom stereocenters. The number of nitrogens with zero attached hydrogens (tertiary/aromatic N) is 1. The zero-order chi connectivity index (χ0) is 29.5. The first-order chi connectivity index (χ1) is 22.3. The summed E-state index contributed by atoms with van der Waals surface area (Å²) < 4.78 is 11.7. The van der Waals surface area contributed by atoms with Crippen molar-refractivity contribution in [2.24, 2.45) is 0 Å². The lowest BCUT2D eigenvalue weighted by Crippen LogP contribution is -1.92. The molecule has 7 aromatic carbocycles. The minimum absolute atomic E-state index is 0.921. The number of hydrogen-bond acceptors (Lipinski definition) is 2. The molecule has 0 aliphatic rings. The molecule has 0 aliphatic heterocycles. The molecule has 10 rings (SSSR count). The van der Waals surface area contributed by atoms with Crippen molar-refractivity contribution in [1.29, 1.82) is 0 Å². The van der Waals surface area contributed by atoms with E-state index in [9.17, 15) is 0 Å². The van der Waals surface area contributed by atoms with E-state index in [2.05, 4.69) is 156 Å². The van der Waals surface area contributed by atoms with Crippen LogP contribution in [0.15, 0.2) is 156 Å². The molecule has 2 nitrogen and oxygen atoms in total. The Hall–Kier alpha value is -5.64. The van der Waals surface area contributed by atoms with Gasteiger partial charge in [0.1, 0.15) is 11.1 Å². The Morgan fingerprint density at radius 2 is 1.13 bits per heavy atom. The third kappa shape index (κ3) is 3.68. The van der Waals surface area contributed by atoms with Gasteiger partial charge in [-0.2, -0.15) is 0 Å². The highest BCUT2D eigenvalue weighted by Crippen LogP contribution is 2.43. The highest BCUT2D eigenvalue weighted by atomic mass is 32.1. The molecule has 0 atom stereocenters. The second kappa shape index (κ2) is 9.43. The number of hydrogen-bond donors (Lipinski definition) is 0. The fourth-order valence-electron chi connectivity index (χ4n) is 7.05. The lowest BCUT2D eigenvalue weighted by molar-refractivity contribution is 0.674. The maximum absolute atomic E-state index is 6.75. The van der Waals surface area contributed by atoms with Gasteiger partial charge in [-0.3, -0.25) is 0 Å². The molecule has 0 spiro atoms. The molecular formula is C42H25NOS. The van der Waals surface area contributed by atoms with Crippen LogP contribution in [-0.2, 0) is 0 Å². The molecule has 3 heteroatoms. The summed E-state index contributed by atoms with van der Waals surface area (Å²) in [5, 5.41) is 7.49. The van der Waals surface area contributed by atoms with Crippen LogP contribution in [0.4, 0.5) is 0 Å². The second-order valence-electron chi connectivity index (χ2n) is 11.7. The van der Waals surface area contributed by atoms with Gasteiger partial charge in [0.25, 0.3) is 0 Å². The summed E-state index contributed by atoms with van der Waals surface area (Å²) in [5.41, 5.74) is 9.93. The smallest absolute Gasteiger partial charge is 0.161 e. The van der Waals surface area contributed by atoms with E-state index in [4.69, 9.17) is 4.42 Å². The van der Waals surface area contributed by atoms with E-state index in [1.165, 1.54) is 42.1 Å². The van der Waals surface area contributed by atoms with Crippen LogP contribution < -0.4 is 0 Å². The Kier molecular flexibility index (Phi) is 5.19. The molecule has 0 fully saturated rings. The molecule has 45 heavy (non-hydrogen) atoms. The van der Waals surface area contributed by atoms with Gasteiger partial charge in [0.05, 0.1) is 5.52 Å². The first-order valence-corrected chi connectivity index (χ1v) is 16.1. The summed E-state index contributed by atoms with van der Waals surface area (Å²) in [6.07, 6.45) is 0. The average molecular weight is 592 g/mol. The zero-order valence-electron chi connectivity index (χ0n) is 24.2. The number of thiophene rings is 1. The summed E-state index contributed by atoms with van der Waals surface area (Å²) in [4.78, 5) is 0. The van der Waals surface area contributed by atoms with E-state index in [-0.39, 0.29) is 0 Å². The van der Waals surface area contributed by atoms with Crippen LogP contribution in [0.2, 0.25) is 0 Å². The van der Waals surface area contributed by atoms with E-state index < -0.39 is 0 Å². The molecule has 0 radical (unpaired) electrons. The lowest BCUT2D eigenvalue weighted by Gasteiger charge is -2.08.